The van der Waals surface area contributed by atoms with Crippen LogP contribution in [0, 0.1) is 10.1 Å². The van der Waals surface area contributed by atoms with E-state index in [1.807, 2.05) is 0 Å². The van der Waals surface area contributed by atoms with E-state index in [0.717, 1.165) is 17.0 Å². The van der Waals surface area contributed by atoms with E-state index in [-0.39, 0.29) is 23.6 Å². The van der Waals surface area contributed by atoms with Gasteiger partial charge in [-0.2, -0.15) is 13.2 Å². The van der Waals surface area contributed by atoms with E-state index in [1.54, 1.807) is 6.92 Å². The van der Waals surface area contributed by atoms with Crippen molar-refractivity contribution in [1.29, 1.82) is 0 Å². The molecule has 0 bridgehead atoms. The van der Waals surface area contributed by atoms with Crippen LogP contribution >= 0.6 is 0 Å². The molecule has 0 atom stereocenters. The van der Waals surface area contributed by atoms with Gasteiger partial charge < -0.3 is 10.6 Å². The maximum atomic E-state index is 12.5. The lowest BCUT2D eigenvalue weighted by atomic mass is 10.2. The van der Waals surface area contributed by atoms with E-state index in [2.05, 4.69) is 0 Å². The van der Waals surface area contributed by atoms with E-state index in [9.17, 15) is 23.3 Å². The Labute approximate surface area is 108 Å². The van der Waals surface area contributed by atoms with Gasteiger partial charge in [0.25, 0.3) is 5.69 Å². The SMILES string of the molecule is CCCN(CC(F)(F)F)c1ccc([N+](=O)[O-])cc1N. The second-order valence-corrected chi connectivity index (χ2v) is 4.04. The summed E-state index contributed by atoms with van der Waals surface area (Å²) in [6, 6.07) is 3.45. The molecule has 0 aliphatic rings. The number of non-ortho nitro benzene ring substituents is 1. The Balaban J connectivity index is 3.06. The second-order valence-electron chi connectivity index (χ2n) is 4.04. The van der Waals surface area contributed by atoms with Crippen LogP contribution in [0.2, 0.25) is 0 Å². The number of nitrogens with zero attached hydrogens (tertiary/aromatic N) is 2. The Bertz CT molecular complexity index is 463. The largest absolute Gasteiger partial charge is 0.405 e. The third-order valence-corrected chi connectivity index (χ3v) is 2.43. The van der Waals surface area contributed by atoms with Gasteiger partial charge in [-0.15, -0.1) is 0 Å². The van der Waals surface area contributed by atoms with Gasteiger partial charge in [-0.3, -0.25) is 10.1 Å². The molecule has 1 aromatic rings. The number of nitro groups is 1. The van der Waals surface area contributed by atoms with Gasteiger partial charge >= 0.3 is 6.18 Å². The molecule has 106 valence electrons. The summed E-state index contributed by atoms with van der Waals surface area (Å²) in [7, 11) is 0. The van der Waals surface area contributed by atoms with Crippen molar-refractivity contribution in [3.63, 3.8) is 0 Å². The summed E-state index contributed by atoms with van der Waals surface area (Å²) in [5.74, 6) is 0. The maximum Gasteiger partial charge on any atom is 0.405 e. The molecule has 0 aliphatic heterocycles. The smallest absolute Gasteiger partial charge is 0.397 e. The molecule has 0 unspecified atom stereocenters. The summed E-state index contributed by atoms with van der Waals surface area (Å²) in [5.41, 5.74) is 5.47. The van der Waals surface area contributed by atoms with Crippen LogP contribution in [0.4, 0.5) is 30.2 Å². The van der Waals surface area contributed by atoms with E-state index in [4.69, 9.17) is 5.73 Å². The number of nitrogen functional groups attached to an aromatic ring is 1. The lowest BCUT2D eigenvalue weighted by Gasteiger charge is -2.26. The Morgan fingerprint density at radius 1 is 1.42 bits per heavy atom. The van der Waals surface area contributed by atoms with Crippen molar-refractivity contribution in [3.8, 4) is 0 Å². The third kappa shape index (κ3) is 4.31. The van der Waals surface area contributed by atoms with Crippen LogP contribution < -0.4 is 10.6 Å². The van der Waals surface area contributed by atoms with Crippen LogP contribution in [-0.4, -0.2) is 24.2 Å². The highest BCUT2D eigenvalue weighted by molar-refractivity contribution is 5.70. The zero-order valence-corrected chi connectivity index (χ0v) is 10.3. The van der Waals surface area contributed by atoms with E-state index >= 15 is 0 Å². The van der Waals surface area contributed by atoms with Crippen LogP contribution in [-0.2, 0) is 0 Å². The molecule has 0 fully saturated rings. The standard InChI is InChI=1S/C11H14F3N3O2/c1-2-5-16(7-11(12,13)14)10-4-3-8(17(18)19)6-9(10)15/h3-4,6H,2,5,7,15H2,1H3. The fraction of sp³-hybridized carbons (Fsp3) is 0.455. The highest BCUT2D eigenvalue weighted by atomic mass is 19.4. The normalized spacial score (nSPS) is 11.4. The maximum absolute atomic E-state index is 12.5. The molecule has 0 aromatic heterocycles. The van der Waals surface area contributed by atoms with Crippen molar-refractivity contribution < 1.29 is 18.1 Å². The molecule has 2 N–H and O–H groups in total. The molecule has 0 aliphatic carbocycles. The first-order chi connectivity index (χ1) is 8.74. The van der Waals surface area contributed by atoms with Gasteiger partial charge in [-0.1, -0.05) is 6.92 Å². The number of rotatable bonds is 5. The van der Waals surface area contributed by atoms with Crippen molar-refractivity contribution in [2.24, 2.45) is 0 Å². The van der Waals surface area contributed by atoms with E-state index < -0.39 is 17.6 Å². The number of nitro benzene ring substituents is 1. The van der Waals surface area contributed by atoms with Crippen LogP contribution in [0.15, 0.2) is 18.2 Å². The number of hydrogen-bond acceptors (Lipinski definition) is 4. The van der Waals surface area contributed by atoms with Gasteiger partial charge in [0.05, 0.1) is 16.3 Å². The minimum atomic E-state index is -4.36. The van der Waals surface area contributed by atoms with Gasteiger partial charge in [0, 0.05) is 18.7 Å². The topological polar surface area (TPSA) is 72.4 Å². The summed E-state index contributed by atoms with van der Waals surface area (Å²) >= 11 is 0. The first-order valence-corrected chi connectivity index (χ1v) is 5.60. The predicted molar refractivity (Wildman–Crippen MR) is 66.1 cm³/mol. The fourth-order valence-electron chi connectivity index (χ4n) is 1.71. The number of nitrogens with two attached hydrogens (primary N) is 1. The number of anilines is 2. The molecule has 0 amide bonds. The van der Waals surface area contributed by atoms with Crippen molar-refractivity contribution in [3.05, 3.63) is 28.3 Å². The van der Waals surface area contributed by atoms with Crippen molar-refractivity contribution >= 4 is 17.1 Å². The lowest BCUT2D eigenvalue weighted by molar-refractivity contribution is -0.384. The van der Waals surface area contributed by atoms with Crippen LogP contribution in [0.5, 0.6) is 0 Å². The Kier molecular flexibility index (Phi) is 4.57. The average molecular weight is 277 g/mol. The van der Waals surface area contributed by atoms with Gasteiger partial charge in [0.15, 0.2) is 0 Å². The fourth-order valence-corrected chi connectivity index (χ4v) is 1.71. The predicted octanol–water partition coefficient (Wildman–Crippen LogP) is 2.96. The monoisotopic (exact) mass is 277 g/mol. The van der Waals surface area contributed by atoms with Gasteiger partial charge in [0.2, 0.25) is 0 Å². The van der Waals surface area contributed by atoms with Crippen molar-refractivity contribution in [2.75, 3.05) is 23.7 Å². The zero-order valence-electron chi connectivity index (χ0n) is 10.3. The highest BCUT2D eigenvalue weighted by Crippen LogP contribution is 2.30. The van der Waals surface area contributed by atoms with E-state index in [0.29, 0.717) is 6.42 Å². The van der Waals surface area contributed by atoms with Crippen molar-refractivity contribution in [1.82, 2.24) is 0 Å². The molecule has 0 heterocycles. The highest BCUT2D eigenvalue weighted by Gasteiger charge is 2.31. The van der Waals surface area contributed by atoms with Gasteiger partial charge in [-0.25, -0.2) is 0 Å². The van der Waals surface area contributed by atoms with Crippen LogP contribution in [0.1, 0.15) is 13.3 Å². The number of hydrogen-bond donors (Lipinski definition) is 1. The Morgan fingerprint density at radius 3 is 2.47 bits per heavy atom. The van der Waals surface area contributed by atoms with Crippen molar-refractivity contribution in [2.45, 2.75) is 19.5 Å². The number of halogens is 3. The molecule has 5 nitrogen and oxygen atoms in total. The van der Waals surface area contributed by atoms with Gasteiger partial charge in [0.1, 0.15) is 6.54 Å². The first kappa shape index (κ1) is 15.1. The molecule has 1 rings (SSSR count). The summed E-state index contributed by atoms with van der Waals surface area (Å²) in [5, 5.41) is 10.5. The Morgan fingerprint density at radius 2 is 2.05 bits per heavy atom. The number of alkyl halides is 3. The minimum absolute atomic E-state index is 0.0353. The molecule has 19 heavy (non-hydrogen) atoms. The first-order valence-electron chi connectivity index (χ1n) is 5.60. The summed E-state index contributed by atoms with van der Waals surface area (Å²) in [6.07, 6.45) is -3.85. The average Bonchev–Trinajstić information content (AvgIpc) is 2.26. The third-order valence-electron chi connectivity index (χ3n) is 2.43. The molecular weight excluding hydrogens is 263 g/mol. The molecule has 8 heteroatoms. The van der Waals surface area contributed by atoms with Crippen LogP contribution in [0.3, 0.4) is 0 Å². The quantitative estimate of drug-likeness (QED) is 0.510. The lowest BCUT2D eigenvalue weighted by Crippen LogP contribution is -2.35. The molecule has 1 aromatic carbocycles. The molecule has 0 spiro atoms. The number of benzene rings is 1. The summed E-state index contributed by atoms with van der Waals surface area (Å²) in [4.78, 5) is 11.0. The molecule has 0 saturated carbocycles. The molecule has 0 saturated heterocycles. The molecular formula is C11H14F3N3O2. The van der Waals surface area contributed by atoms with Crippen LogP contribution in [0.25, 0.3) is 0 Å². The summed E-state index contributed by atoms with van der Waals surface area (Å²) in [6.45, 7) is 0.773. The molecule has 0 radical (unpaired) electrons. The van der Waals surface area contributed by atoms with E-state index in [1.165, 1.54) is 6.07 Å². The van der Waals surface area contributed by atoms with Gasteiger partial charge in [-0.05, 0) is 12.5 Å². The zero-order chi connectivity index (χ0) is 14.6. The minimum Gasteiger partial charge on any atom is -0.397 e. The summed E-state index contributed by atoms with van der Waals surface area (Å²) < 4.78 is 37.4. The Hall–Kier alpha value is -1.99. The second kappa shape index (κ2) is 5.77.